The topological polar surface area (TPSA) is 42.2 Å². The maximum absolute atomic E-state index is 11.6. The van der Waals surface area contributed by atoms with Crippen molar-refractivity contribution in [3.05, 3.63) is 58.9 Å². The summed E-state index contributed by atoms with van der Waals surface area (Å²) < 4.78 is 31.3. The second kappa shape index (κ2) is 5.24. The first-order valence-electron chi connectivity index (χ1n) is 5.83. The fraction of sp³-hybridized carbons (Fsp3) is 0. The Hall–Kier alpha value is -0.926. The van der Waals surface area contributed by atoms with E-state index in [1.165, 1.54) is 18.3 Å². The van der Waals surface area contributed by atoms with Crippen LogP contribution in [0.4, 0.5) is 0 Å². The summed E-state index contributed by atoms with van der Waals surface area (Å²) in [5.74, 6) is -0.735. The molecule has 0 fully saturated rings. The normalized spacial score (nSPS) is 13.1. The van der Waals surface area contributed by atoms with E-state index >= 15 is 0 Å². The van der Waals surface area contributed by atoms with Crippen molar-refractivity contribution in [2.24, 2.45) is 0 Å². The third kappa shape index (κ3) is 2.77. The molecular weight excluding hydrogens is 267 g/mol. The summed E-state index contributed by atoms with van der Waals surface area (Å²) in [6.07, 6.45) is 1.23. The van der Waals surface area contributed by atoms with E-state index in [2.05, 4.69) is 6.07 Å². The molecule has 0 saturated heterocycles. The van der Waals surface area contributed by atoms with Gasteiger partial charge < -0.3 is 9.67 Å². The Morgan fingerprint density at radius 1 is 1.33 bits per heavy atom. The van der Waals surface area contributed by atoms with Crippen LogP contribution in [0, 0.1) is 6.07 Å². The quantitative estimate of drug-likeness (QED) is 0.800. The number of pyridine rings is 1. The Morgan fingerprint density at radius 3 is 2.60 bits per heavy atom. The molecule has 0 spiro atoms. The number of aromatic nitrogens is 1. The van der Waals surface area contributed by atoms with Crippen LogP contribution in [-0.4, -0.2) is 9.67 Å². The number of nitrogens with zero attached hydrogens (tertiary/aromatic N) is 1. The Bertz CT molecular complexity index is 658. The molecule has 0 amide bonds. The molecule has 2 rings (SSSR count). The average Bonchev–Trinajstić information content (AvgIpc) is 2.36. The van der Waals surface area contributed by atoms with Crippen molar-refractivity contribution >= 4 is 0 Å². The second-order valence-corrected chi connectivity index (χ2v) is 2.53. The summed E-state index contributed by atoms with van der Waals surface area (Å²) in [6.45, 7) is 0. The molecule has 15 heavy (non-hydrogen) atoms. The number of phenolic OH excluding ortho intramolecular Hbond substituents is 1. The van der Waals surface area contributed by atoms with E-state index in [1.54, 1.807) is 0 Å². The average molecular weight is 279 g/mol. The number of rotatable bonds is 1. The summed E-state index contributed by atoms with van der Waals surface area (Å²) in [4.78, 5) is 11.6. The Kier molecular flexibility index (Phi) is 2.57. The summed E-state index contributed by atoms with van der Waals surface area (Å²) in [5, 5.41) is 9.40. The zero-order chi connectivity index (χ0) is 13.4. The molecular formula is C11H8NO2Y-. The molecule has 0 aliphatic heterocycles. The van der Waals surface area contributed by atoms with E-state index in [0.29, 0.717) is 0 Å². The van der Waals surface area contributed by atoms with Crippen LogP contribution in [-0.2, 0) is 32.7 Å². The minimum absolute atomic E-state index is 0. The molecule has 0 bridgehead atoms. The Labute approximate surface area is 118 Å². The molecule has 0 aliphatic rings. The van der Waals surface area contributed by atoms with Crippen LogP contribution in [0.2, 0.25) is 0 Å². The zero-order valence-corrected chi connectivity index (χ0v) is 10.5. The summed E-state index contributed by atoms with van der Waals surface area (Å²) in [6, 6.07) is 3.08. The molecule has 0 saturated carbocycles. The number of phenols is 1. The predicted molar refractivity (Wildman–Crippen MR) is 52.5 cm³/mol. The van der Waals surface area contributed by atoms with Crippen molar-refractivity contribution in [3.8, 4) is 11.4 Å². The van der Waals surface area contributed by atoms with E-state index in [0.717, 1.165) is 4.57 Å². The first-order chi connectivity index (χ1) is 8.45. The Morgan fingerprint density at radius 2 is 2.00 bits per heavy atom. The largest absolute Gasteiger partial charge is 0.508 e. The van der Waals surface area contributed by atoms with Crippen LogP contribution in [0.15, 0.2) is 47.3 Å². The van der Waals surface area contributed by atoms with Crippen LogP contribution in [0.1, 0.15) is 5.48 Å². The van der Waals surface area contributed by atoms with E-state index < -0.39 is 35.5 Å². The third-order valence-corrected chi connectivity index (χ3v) is 1.60. The van der Waals surface area contributed by atoms with Gasteiger partial charge in [-0.1, -0.05) is 6.20 Å². The van der Waals surface area contributed by atoms with Gasteiger partial charge in [0, 0.05) is 38.4 Å². The van der Waals surface area contributed by atoms with Gasteiger partial charge in [0.1, 0.15) is 5.75 Å². The summed E-state index contributed by atoms with van der Waals surface area (Å²) >= 11 is 0. The van der Waals surface area contributed by atoms with Crippen LogP contribution in [0.5, 0.6) is 5.75 Å². The fourth-order valence-electron chi connectivity index (χ4n) is 0.975. The molecule has 1 radical (unpaired) electrons. The number of hydrogen-bond donors (Lipinski definition) is 1. The van der Waals surface area contributed by atoms with Gasteiger partial charge in [-0.2, -0.15) is 0 Å². The SMILES string of the molecule is [2H]c1c([2H])c(-n2c[c-]ccc2=O)c([2H])c([2H])c1O.[Y]. The molecule has 0 unspecified atom stereocenters. The zero-order valence-electron chi connectivity index (χ0n) is 11.6. The van der Waals surface area contributed by atoms with E-state index in [4.69, 9.17) is 5.48 Å². The van der Waals surface area contributed by atoms with Crippen molar-refractivity contribution in [1.29, 1.82) is 0 Å². The predicted octanol–water partition coefficient (Wildman–Crippen LogP) is 1.34. The second-order valence-electron chi connectivity index (χ2n) is 2.53. The molecule has 1 heterocycles. The maximum atomic E-state index is 11.6. The van der Waals surface area contributed by atoms with E-state index in [9.17, 15) is 9.90 Å². The van der Waals surface area contributed by atoms with Crippen LogP contribution < -0.4 is 5.56 Å². The van der Waals surface area contributed by atoms with Crippen molar-refractivity contribution < 1.29 is 43.3 Å². The molecule has 1 aromatic heterocycles. The number of benzene rings is 1. The van der Waals surface area contributed by atoms with Gasteiger partial charge in [0.15, 0.2) is 5.56 Å². The van der Waals surface area contributed by atoms with Crippen molar-refractivity contribution in [3.63, 3.8) is 0 Å². The van der Waals surface area contributed by atoms with Crippen molar-refractivity contribution in [2.45, 2.75) is 0 Å². The molecule has 0 atom stereocenters. The molecule has 2 aromatic rings. The molecule has 73 valence electrons. The van der Waals surface area contributed by atoms with Crippen LogP contribution in [0.25, 0.3) is 5.69 Å². The minimum atomic E-state index is -0.735. The first-order valence-corrected chi connectivity index (χ1v) is 3.83. The van der Waals surface area contributed by atoms with Gasteiger partial charge >= 0.3 is 0 Å². The molecule has 1 N–H and O–H groups in total. The summed E-state index contributed by atoms with van der Waals surface area (Å²) in [7, 11) is 0. The standard InChI is InChI=1S/C11H8NO2.Y/c13-10-6-4-9(5-7-10)12-8-2-1-3-11(12)14;/h1,3-8,13H;/q-1;/i4D,5D,6D,7D;. The monoisotopic (exact) mass is 279 g/mol. The molecule has 4 heteroatoms. The van der Waals surface area contributed by atoms with Gasteiger partial charge in [-0.3, -0.25) is 4.79 Å². The van der Waals surface area contributed by atoms with Crippen molar-refractivity contribution in [1.82, 2.24) is 4.57 Å². The number of aromatic hydroxyl groups is 1. The third-order valence-electron chi connectivity index (χ3n) is 1.60. The van der Waals surface area contributed by atoms with Gasteiger partial charge in [-0.25, -0.2) is 12.1 Å². The van der Waals surface area contributed by atoms with Gasteiger partial charge in [-0.05, 0) is 24.2 Å². The van der Waals surface area contributed by atoms with Crippen LogP contribution >= 0.6 is 0 Å². The van der Waals surface area contributed by atoms with Gasteiger partial charge in [0.05, 0.1) is 5.48 Å². The Balaban J connectivity index is 0.00000180. The number of hydrogen-bond acceptors (Lipinski definition) is 2. The van der Waals surface area contributed by atoms with Gasteiger partial charge in [0.2, 0.25) is 0 Å². The van der Waals surface area contributed by atoms with Crippen molar-refractivity contribution in [2.75, 3.05) is 0 Å². The maximum Gasteiger partial charge on any atom is 0.172 e. The smallest absolute Gasteiger partial charge is 0.172 e. The summed E-state index contributed by atoms with van der Waals surface area (Å²) in [5.41, 5.74) is -0.704. The molecule has 3 nitrogen and oxygen atoms in total. The first kappa shape index (κ1) is 7.36. The minimum Gasteiger partial charge on any atom is -0.508 e. The molecule has 1 aromatic carbocycles. The van der Waals surface area contributed by atoms with Crippen LogP contribution in [0.3, 0.4) is 0 Å². The van der Waals surface area contributed by atoms with E-state index in [1.807, 2.05) is 0 Å². The van der Waals surface area contributed by atoms with E-state index in [-0.39, 0.29) is 38.4 Å². The molecule has 0 aliphatic carbocycles. The fourth-order valence-corrected chi connectivity index (χ4v) is 0.975. The van der Waals surface area contributed by atoms with Gasteiger partial charge in [0.25, 0.3) is 0 Å². The van der Waals surface area contributed by atoms with Gasteiger partial charge in [-0.15, -0.1) is 6.07 Å².